The van der Waals surface area contributed by atoms with Crippen molar-refractivity contribution >= 4 is 49.2 Å². The van der Waals surface area contributed by atoms with Gasteiger partial charge in [0.2, 0.25) is 10.0 Å². The van der Waals surface area contributed by atoms with E-state index in [-0.39, 0.29) is 14.9 Å². The monoisotopic (exact) mass is 411 g/mol. The largest absolute Gasteiger partial charge is 0.465 e. The van der Waals surface area contributed by atoms with Gasteiger partial charge in [-0.2, -0.15) is 0 Å². The highest BCUT2D eigenvalue weighted by Crippen LogP contribution is 2.33. The summed E-state index contributed by atoms with van der Waals surface area (Å²) in [6.07, 6.45) is 0. The molecule has 8 heteroatoms. The zero-order valence-corrected chi connectivity index (χ0v) is 15.1. The second kappa shape index (κ2) is 6.30. The second-order valence-electron chi connectivity index (χ2n) is 4.49. The number of hydrogen-bond donors (Lipinski definition) is 1. The molecule has 0 aliphatic carbocycles. The summed E-state index contributed by atoms with van der Waals surface area (Å²) >= 11 is 15.2. The molecule has 0 radical (unpaired) electrons. The third-order valence-corrected chi connectivity index (χ3v) is 5.67. The summed E-state index contributed by atoms with van der Waals surface area (Å²) in [5.41, 5.74) is 0. The van der Waals surface area contributed by atoms with E-state index in [2.05, 4.69) is 20.7 Å². The summed E-state index contributed by atoms with van der Waals surface area (Å²) in [6, 6.07) is 5.89. The van der Waals surface area contributed by atoms with Crippen LogP contribution in [0.4, 0.5) is 0 Å². The van der Waals surface area contributed by atoms with Crippen LogP contribution in [0.1, 0.15) is 24.5 Å². The Morgan fingerprint density at radius 1 is 1.24 bits per heavy atom. The van der Waals surface area contributed by atoms with Gasteiger partial charge in [0, 0.05) is 4.47 Å². The van der Waals surface area contributed by atoms with Gasteiger partial charge in [-0.25, -0.2) is 13.1 Å². The molecule has 114 valence electrons. The van der Waals surface area contributed by atoms with E-state index in [9.17, 15) is 8.42 Å². The molecular weight excluding hydrogens is 401 g/mol. The Labute approximate surface area is 141 Å². The maximum atomic E-state index is 12.4. The highest BCUT2D eigenvalue weighted by Gasteiger charge is 2.25. The smallest absolute Gasteiger partial charge is 0.244 e. The molecule has 0 saturated carbocycles. The van der Waals surface area contributed by atoms with Crippen LogP contribution in [0, 0.1) is 6.92 Å². The van der Waals surface area contributed by atoms with E-state index in [0.717, 1.165) is 0 Å². The fourth-order valence-corrected chi connectivity index (χ4v) is 4.97. The van der Waals surface area contributed by atoms with Crippen LogP contribution in [0.15, 0.2) is 38.1 Å². The first-order chi connectivity index (χ1) is 9.70. The minimum absolute atomic E-state index is 0.0460. The van der Waals surface area contributed by atoms with E-state index in [4.69, 9.17) is 27.6 Å². The fourth-order valence-electron chi connectivity index (χ4n) is 1.82. The Morgan fingerprint density at radius 3 is 2.29 bits per heavy atom. The van der Waals surface area contributed by atoms with Crippen molar-refractivity contribution in [2.45, 2.75) is 24.8 Å². The summed E-state index contributed by atoms with van der Waals surface area (Å²) in [7, 11) is -3.87. The summed E-state index contributed by atoms with van der Waals surface area (Å²) in [6.45, 7) is 3.46. The van der Waals surface area contributed by atoms with E-state index in [1.807, 2.05) is 0 Å². The Hall–Kier alpha value is -0.530. The average Bonchev–Trinajstić information content (AvgIpc) is 2.73. The first-order valence-corrected chi connectivity index (χ1v) is 8.97. The standard InChI is InChI=1S/C13H12BrCl2NO3S/c1-7-3-4-12(20-7)8(2)17-21(18,19)13-10(15)5-9(14)6-11(13)16/h3-6,8,17H,1-2H3. The summed E-state index contributed by atoms with van der Waals surface area (Å²) in [5, 5.41) is 0.0920. The number of nitrogens with one attached hydrogen (secondary N) is 1. The maximum Gasteiger partial charge on any atom is 0.244 e. The van der Waals surface area contributed by atoms with Gasteiger partial charge in [0.1, 0.15) is 16.4 Å². The van der Waals surface area contributed by atoms with Crippen LogP contribution in [-0.4, -0.2) is 8.42 Å². The molecule has 2 rings (SSSR count). The van der Waals surface area contributed by atoms with Crippen LogP contribution in [0.3, 0.4) is 0 Å². The Kier molecular flexibility index (Phi) is 5.05. The van der Waals surface area contributed by atoms with Crippen LogP contribution >= 0.6 is 39.1 Å². The molecule has 1 atom stereocenters. The van der Waals surface area contributed by atoms with Crippen LogP contribution < -0.4 is 4.72 Å². The van der Waals surface area contributed by atoms with Crippen molar-refractivity contribution in [3.05, 3.63) is 50.3 Å². The van der Waals surface area contributed by atoms with Gasteiger partial charge in [0.05, 0.1) is 16.1 Å². The summed E-state index contributed by atoms with van der Waals surface area (Å²) in [5.74, 6) is 1.22. The van der Waals surface area contributed by atoms with Gasteiger partial charge in [-0.15, -0.1) is 0 Å². The molecule has 0 saturated heterocycles. The quantitative estimate of drug-likeness (QED) is 0.791. The van der Waals surface area contributed by atoms with Crippen molar-refractivity contribution < 1.29 is 12.8 Å². The molecule has 1 unspecified atom stereocenters. The molecule has 0 fully saturated rings. The zero-order chi connectivity index (χ0) is 15.8. The van der Waals surface area contributed by atoms with E-state index < -0.39 is 16.1 Å². The minimum Gasteiger partial charge on any atom is -0.465 e. The van der Waals surface area contributed by atoms with Crippen molar-refractivity contribution in [1.82, 2.24) is 4.72 Å². The van der Waals surface area contributed by atoms with Gasteiger partial charge >= 0.3 is 0 Å². The molecule has 4 nitrogen and oxygen atoms in total. The van der Waals surface area contributed by atoms with Crippen LogP contribution in [0.25, 0.3) is 0 Å². The number of sulfonamides is 1. The van der Waals surface area contributed by atoms with Crippen molar-refractivity contribution in [2.75, 3.05) is 0 Å². The van der Waals surface area contributed by atoms with Crippen LogP contribution in [0.5, 0.6) is 0 Å². The summed E-state index contributed by atoms with van der Waals surface area (Å²) in [4.78, 5) is -0.149. The molecule has 0 spiro atoms. The molecule has 0 aliphatic heterocycles. The molecular formula is C13H12BrCl2NO3S. The molecule has 21 heavy (non-hydrogen) atoms. The molecule has 0 aliphatic rings. The molecule has 1 aromatic heterocycles. The first-order valence-electron chi connectivity index (χ1n) is 5.94. The molecule has 2 aromatic rings. The number of aryl methyl sites for hydroxylation is 1. The average molecular weight is 413 g/mol. The van der Waals surface area contributed by atoms with Crippen molar-refractivity contribution in [1.29, 1.82) is 0 Å². The lowest BCUT2D eigenvalue weighted by Crippen LogP contribution is -2.27. The van der Waals surface area contributed by atoms with Crippen LogP contribution in [-0.2, 0) is 10.0 Å². The van der Waals surface area contributed by atoms with Gasteiger partial charge in [-0.05, 0) is 38.1 Å². The number of furan rings is 1. The third-order valence-electron chi connectivity index (χ3n) is 2.75. The second-order valence-corrected chi connectivity index (χ2v) is 7.87. The van der Waals surface area contributed by atoms with E-state index in [1.165, 1.54) is 12.1 Å². The molecule has 0 amide bonds. The van der Waals surface area contributed by atoms with E-state index in [0.29, 0.717) is 16.0 Å². The predicted molar refractivity (Wildman–Crippen MR) is 86.3 cm³/mol. The molecule has 0 bridgehead atoms. The highest BCUT2D eigenvalue weighted by atomic mass is 79.9. The topological polar surface area (TPSA) is 59.3 Å². The predicted octanol–water partition coefficient (Wildman–Crippen LogP) is 4.70. The highest BCUT2D eigenvalue weighted by molar-refractivity contribution is 9.10. The first kappa shape index (κ1) is 16.8. The van der Waals surface area contributed by atoms with Crippen molar-refractivity contribution in [2.24, 2.45) is 0 Å². The number of rotatable bonds is 4. The number of halogens is 3. The molecule has 1 N–H and O–H groups in total. The minimum atomic E-state index is -3.87. The lowest BCUT2D eigenvalue weighted by Gasteiger charge is -2.14. The number of hydrogen-bond acceptors (Lipinski definition) is 3. The SMILES string of the molecule is Cc1ccc(C(C)NS(=O)(=O)c2c(Cl)cc(Br)cc2Cl)o1. The normalized spacial score (nSPS) is 13.4. The van der Waals surface area contributed by atoms with E-state index in [1.54, 1.807) is 26.0 Å². The third kappa shape index (κ3) is 3.81. The molecule has 1 heterocycles. The van der Waals surface area contributed by atoms with Gasteiger partial charge < -0.3 is 4.42 Å². The van der Waals surface area contributed by atoms with Crippen LogP contribution in [0.2, 0.25) is 10.0 Å². The molecule has 1 aromatic carbocycles. The van der Waals surface area contributed by atoms with Gasteiger partial charge in [0.25, 0.3) is 0 Å². The number of benzene rings is 1. The lowest BCUT2D eigenvalue weighted by molar-refractivity contribution is 0.441. The fraction of sp³-hybridized carbons (Fsp3) is 0.231. The van der Waals surface area contributed by atoms with Crippen molar-refractivity contribution in [3.8, 4) is 0 Å². The Balaban J connectivity index is 2.35. The Bertz CT molecular complexity index is 750. The maximum absolute atomic E-state index is 12.4. The lowest BCUT2D eigenvalue weighted by atomic mass is 10.3. The van der Waals surface area contributed by atoms with Gasteiger partial charge in [0.15, 0.2) is 0 Å². The van der Waals surface area contributed by atoms with Gasteiger partial charge in [-0.1, -0.05) is 39.1 Å². The van der Waals surface area contributed by atoms with E-state index >= 15 is 0 Å². The zero-order valence-electron chi connectivity index (χ0n) is 11.2. The van der Waals surface area contributed by atoms with Crippen molar-refractivity contribution in [3.63, 3.8) is 0 Å². The van der Waals surface area contributed by atoms with Gasteiger partial charge in [-0.3, -0.25) is 0 Å². The summed E-state index contributed by atoms with van der Waals surface area (Å²) < 4.78 is 33.4. The Morgan fingerprint density at radius 2 is 1.81 bits per heavy atom.